The van der Waals surface area contributed by atoms with Gasteiger partial charge in [-0.25, -0.2) is 4.98 Å². The summed E-state index contributed by atoms with van der Waals surface area (Å²) in [6.45, 7) is 0.140. The van der Waals surface area contributed by atoms with Crippen molar-refractivity contribution in [3.05, 3.63) is 71.1 Å². The van der Waals surface area contributed by atoms with Crippen LogP contribution in [0.1, 0.15) is 11.3 Å². The van der Waals surface area contributed by atoms with E-state index in [9.17, 15) is 0 Å². The van der Waals surface area contributed by atoms with Crippen LogP contribution in [0, 0.1) is 0 Å². The van der Waals surface area contributed by atoms with Gasteiger partial charge in [-0.3, -0.25) is 0 Å². The van der Waals surface area contributed by atoms with Crippen molar-refractivity contribution in [3.63, 3.8) is 0 Å². The van der Waals surface area contributed by atoms with Gasteiger partial charge in [-0.05, 0) is 36.4 Å². The van der Waals surface area contributed by atoms with E-state index in [0.717, 1.165) is 11.3 Å². The van der Waals surface area contributed by atoms with E-state index in [2.05, 4.69) is 10.1 Å². The zero-order valence-corrected chi connectivity index (χ0v) is 14.2. The number of oxime groups is 1. The van der Waals surface area contributed by atoms with Crippen molar-refractivity contribution < 1.29 is 14.0 Å². The molecule has 0 fully saturated rings. The van der Waals surface area contributed by atoms with Gasteiger partial charge in [0, 0.05) is 16.1 Å². The van der Waals surface area contributed by atoms with Crippen LogP contribution in [-0.4, -0.2) is 17.9 Å². The second-order valence-corrected chi connectivity index (χ2v) is 5.57. The molecule has 3 aromatic rings. The Morgan fingerprint density at radius 3 is 2.76 bits per heavy atom. The predicted molar refractivity (Wildman–Crippen MR) is 95.5 cm³/mol. The summed E-state index contributed by atoms with van der Waals surface area (Å²) in [6, 6.07) is 14.5. The molecule has 0 unspecified atom stereocenters. The Labute approximate surface area is 149 Å². The number of nitrogens with zero attached hydrogens (tertiary/aromatic N) is 2. The first-order chi connectivity index (χ1) is 12.2. The SMILES string of the molecule is COc1ccc(-c2nc(CO/N=C(/N)c3cccc(Cl)c3)co2)cc1. The van der Waals surface area contributed by atoms with Crippen LogP contribution in [0.3, 0.4) is 0 Å². The van der Waals surface area contributed by atoms with E-state index < -0.39 is 0 Å². The number of methoxy groups -OCH3 is 1. The first-order valence-electron chi connectivity index (χ1n) is 7.46. The molecular formula is C18H16ClN3O3. The zero-order chi connectivity index (χ0) is 17.6. The first kappa shape index (κ1) is 16.9. The third-order valence-electron chi connectivity index (χ3n) is 3.38. The summed E-state index contributed by atoms with van der Waals surface area (Å²) in [5.41, 5.74) is 8.00. The number of ether oxygens (including phenoxy) is 1. The number of benzene rings is 2. The Bertz CT molecular complexity index is 875. The molecule has 0 radical (unpaired) electrons. The van der Waals surface area contributed by atoms with E-state index in [1.165, 1.54) is 6.26 Å². The Kier molecular flexibility index (Phi) is 5.20. The van der Waals surface area contributed by atoms with E-state index in [1.807, 2.05) is 24.3 Å². The minimum absolute atomic E-state index is 0.140. The van der Waals surface area contributed by atoms with Crippen molar-refractivity contribution in [3.8, 4) is 17.2 Å². The van der Waals surface area contributed by atoms with Gasteiger partial charge in [-0.2, -0.15) is 0 Å². The highest BCUT2D eigenvalue weighted by atomic mass is 35.5. The molecule has 6 nitrogen and oxygen atoms in total. The van der Waals surface area contributed by atoms with Crippen LogP contribution in [0.4, 0.5) is 0 Å². The molecule has 0 spiro atoms. The highest BCUT2D eigenvalue weighted by molar-refractivity contribution is 6.31. The fraction of sp³-hybridized carbons (Fsp3) is 0.111. The molecule has 0 atom stereocenters. The van der Waals surface area contributed by atoms with Crippen LogP contribution in [0.2, 0.25) is 5.02 Å². The minimum atomic E-state index is 0.140. The largest absolute Gasteiger partial charge is 0.497 e. The molecule has 0 amide bonds. The van der Waals surface area contributed by atoms with Gasteiger partial charge in [0.1, 0.15) is 17.7 Å². The fourth-order valence-corrected chi connectivity index (χ4v) is 2.30. The summed E-state index contributed by atoms with van der Waals surface area (Å²) in [5.74, 6) is 1.50. The van der Waals surface area contributed by atoms with E-state index in [-0.39, 0.29) is 12.4 Å². The molecule has 0 bridgehead atoms. The molecule has 0 aliphatic carbocycles. The maximum Gasteiger partial charge on any atom is 0.226 e. The second kappa shape index (κ2) is 7.72. The van der Waals surface area contributed by atoms with Crippen molar-refractivity contribution >= 4 is 17.4 Å². The Morgan fingerprint density at radius 1 is 1.24 bits per heavy atom. The normalized spacial score (nSPS) is 11.4. The molecular weight excluding hydrogens is 342 g/mol. The number of hydrogen-bond donors (Lipinski definition) is 1. The van der Waals surface area contributed by atoms with Crippen LogP contribution < -0.4 is 10.5 Å². The Morgan fingerprint density at radius 2 is 2.04 bits per heavy atom. The highest BCUT2D eigenvalue weighted by Gasteiger charge is 2.08. The Balaban J connectivity index is 1.62. The summed E-state index contributed by atoms with van der Waals surface area (Å²) in [4.78, 5) is 9.59. The minimum Gasteiger partial charge on any atom is -0.497 e. The van der Waals surface area contributed by atoms with Crippen LogP contribution >= 0.6 is 11.6 Å². The summed E-state index contributed by atoms with van der Waals surface area (Å²) in [6.07, 6.45) is 1.52. The van der Waals surface area contributed by atoms with Gasteiger partial charge < -0.3 is 19.7 Å². The first-order valence-corrected chi connectivity index (χ1v) is 7.83. The van der Waals surface area contributed by atoms with Gasteiger partial charge in [0.15, 0.2) is 12.4 Å². The lowest BCUT2D eigenvalue weighted by Gasteiger charge is -2.01. The average Bonchev–Trinajstić information content (AvgIpc) is 3.10. The van der Waals surface area contributed by atoms with Gasteiger partial charge >= 0.3 is 0 Å². The van der Waals surface area contributed by atoms with Crippen LogP contribution in [0.15, 0.2) is 64.4 Å². The molecule has 0 saturated heterocycles. The maximum absolute atomic E-state index is 5.92. The monoisotopic (exact) mass is 357 g/mol. The summed E-state index contributed by atoms with van der Waals surface area (Å²) in [7, 11) is 1.62. The van der Waals surface area contributed by atoms with Gasteiger partial charge in [0.25, 0.3) is 0 Å². The summed E-state index contributed by atoms with van der Waals surface area (Å²) < 4.78 is 10.6. The van der Waals surface area contributed by atoms with E-state index in [0.29, 0.717) is 22.2 Å². The van der Waals surface area contributed by atoms with Crippen molar-refractivity contribution in [1.29, 1.82) is 0 Å². The van der Waals surface area contributed by atoms with Crippen LogP contribution in [0.5, 0.6) is 5.75 Å². The molecule has 25 heavy (non-hydrogen) atoms. The molecule has 0 saturated carbocycles. The fourth-order valence-electron chi connectivity index (χ4n) is 2.11. The number of rotatable bonds is 6. The smallest absolute Gasteiger partial charge is 0.226 e. The van der Waals surface area contributed by atoms with Gasteiger partial charge in [0.05, 0.1) is 7.11 Å². The molecule has 3 rings (SSSR count). The molecule has 1 heterocycles. The van der Waals surface area contributed by atoms with Crippen molar-refractivity contribution in [1.82, 2.24) is 4.98 Å². The van der Waals surface area contributed by atoms with Crippen molar-refractivity contribution in [2.24, 2.45) is 10.9 Å². The average molecular weight is 358 g/mol. The third kappa shape index (κ3) is 4.30. The van der Waals surface area contributed by atoms with Crippen molar-refractivity contribution in [2.45, 2.75) is 6.61 Å². The summed E-state index contributed by atoms with van der Waals surface area (Å²) >= 11 is 5.92. The van der Waals surface area contributed by atoms with E-state index in [4.69, 9.17) is 31.3 Å². The predicted octanol–water partition coefficient (Wildman–Crippen LogP) is 3.84. The van der Waals surface area contributed by atoms with Gasteiger partial charge in [-0.1, -0.05) is 28.9 Å². The number of amidine groups is 1. The number of hydrogen-bond acceptors (Lipinski definition) is 5. The molecule has 1 aromatic heterocycles. The third-order valence-corrected chi connectivity index (χ3v) is 3.62. The van der Waals surface area contributed by atoms with E-state index in [1.54, 1.807) is 31.4 Å². The molecule has 7 heteroatoms. The lowest BCUT2D eigenvalue weighted by atomic mass is 10.2. The quantitative estimate of drug-likeness (QED) is 0.411. The Hall–Kier alpha value is -2.99. The topological polar surface area (TPSA) is 82.9 Å². The standard InChI is InChI=1S/C18H16ClN3O3/c1-23-16-7-5-12(6-8-16)18-21-15(10-24-18)11-25-22-17(20)13-3-2-4-14(19)9-13/h2-10H,11H2,1H3,(H2,20,22). The number of halogens is 1. The molecule has 2 N–H and O–H groups in total. The second-order valence-electron chi connectivity index (χ2n) is 5.13. The van der Waals surface area contributed by atoms with Gasteiger partial charge in [-0.15, -0.1) is 0 Å². The molecule has 0 aliphatic heterocycles. The molecule has 128 valence electrons. The lowest BCUT2D eigenvalue weighted by Crippen LogP contribution is -2.13. The van der Waals surface area contributed by atoms with Crippen molar-refractivity contribution in [2.75, 3.05) is 7.11 Å². The number of oxazole rings is 1. The number of aromatic nitrogens is 1. The van der Waals surface area contributed by atoms with Crippen LogP contribution in [0.25, 0.3) is 11.5 Å². The summed E-state index contributed by atoms with van der Waals surface area (Å²) in [5, 5.41) is 4.45. The number of nitrogens with two attached hydrogens (primary N) is 1. The van der Waals surface area contributed by atoms with Gasteiger partial charge in [0.2, 0.25) is 5.89 Å². The highest BCUT2D eigenvalue weighted by Crippen LogP contribution is 2.22. The maximum atomic E-state index is 5.92. The zero-order valence-electron chi connectivity index (χ0n) is 13.5. The lowest BCUT2D eigenvalue weighted by molar-refractivity contribution is 0.127. The molecule has 0 aliphatic rings. The molecule has 2 aromatic carbocycles. The van der Waals surface area contributed by atoms with E-state index >= 15 is 0 Å². The van der Waals surface area contributed by atoms with Crippen LogP contribution in [-0.2, 0) is 11.4 Å².